The van der Waals surface area contributed by atoms with Gasteiger partial charge in [0, 0.05) is 13.0 Å². The van der Waals surface area contributed by atoms with E-state index in [1.165, 1.54) is 12.1 Å². The number of fused-ring (bicyclic) bond motifs is 5. The van der Waals surface area contributed by atoms with Crippen LogP contribution in [0.2, 0.25) is 0 Å². The Hall–Kier alpha value is -3.07. The lowest BCUT2D eigenvalue weighted by Gasteiger charge is -2.17. The topological polar surface area (TPSA) is 116 Å². The number of nitro groups is 1. The van der Waals surface area contributed by atoms with Gasteiger partial charge in [0.25, 0.3) is 0 Å². The molecule has 0 aliphatic carbocycles. The summed E-state index contributed by atoms with van der Waals surface area (Å²) in [6.45, 7) is 1.12. The van der Waals surface area contributed by atoms with E-state index in [4.69, 9.17) is 9.47 Å². The van der Waals surface area contributed by atoms with E-state index in [9.17, 15) is 24.5 Å². The third-order valence-corrected chi connectivity index (χ3v) is 4.56. The number of amides is 2. The van der Waals surface area contributed by atoms with Crippen molar-refractivity contribution < 1.29 is 28.8 Å². The third kappa shape index (κ3) is 2.16. The molecule has 2 bridgehead atoms. The van der Waals surface area contributed by atoms with E-state index < -0.39 is 52.4 Å². The number of ether oxygens (including phenoxy) is 2. The van der Waals surface area contributed by atoms with Crippen molar-refractivity contribution in [3.8, 4) is 5.75 Å². The lowest BCUT2D eigenvalue weighted by atomic mass is 9.85. The molecule has 4 atom stereocenters. The molecule has 0 radical (unpaired) electrons. The fourth-order valence-electron chi connectivity index (χ4n) is 3.59. The number of anilines is 1. The number of esters is 1. The summed E-state index contributed by atoms with van der Waals surface area (Å²) in [5, 5.41) is 11.2. The summed E-state index contributed by atoms with van der Waals surface area (Å²) in [6, 6.07) is 3.61. The van der Waals surface area contributed by atoms with Crippen molar-refractivity contribution in [1.82, 2.24) is 0 Å². The van der Waals surface area contributed by atoms with E-state index >= 15 is 0 Å². The van der Waals surface area contributed by atoms with Gasteiger partial charge in [0.1, 0.15) is 0 Å². The van der Waals surface area contributed by atoms with Crippen molar-refractivity contribution in [1.29, 1.82) is 0 Å². The van der Waals surface area contributed by atoms with Crippen molar-refractivity contribution in [3.05, 3.63) is 40.5 Å². The minimum absolute atomic E-state index is 0.0754. The van der Waals surface area contributed by atoms with Crippen molar-refractivity contribution in [2.75, 3.05) is 4.90 Å². The lowest BCUT2D eigenvalue weighted by molar-refractivity contribution is -0.385. The van der Waals surface area contributed by atoms with Crippen LogP contribution >= 0.6 is 0 Å². The lowest BCUT2D eigenvalue weighted by Crippen LogP contribution is -2.34. The van der Waals surface area contributed by atoms with Crippen LogP contribution in [0.25, 0.3) is 0 Å². The maximum Gasteiger partial charge on any atom is 0.313 e. The van der Waals surface area contributed by atoms with Crippen LogP contribution in [0.4, 0.5) is 11.4 Å². The van der Waals surface area contributed by atoms with Gasteiger partial charge < -0.3 is 9.47 Å². The molecular formula is C16H12N2O7. The number of carbonyl (C=O) groups is 3. The van der Waals surface area contributed by atoms with Crippen LogP contribution in [-0.2, 0) is 19.1 Å². The molecule has 1 aromatic rings. The van der Waals surface area contributed by atoms with Crippen LogP contribution in [-0.4, -0.2) is 34.9 Å². The Morgan fingerprint density at radius 2 is 1.80 bits per heavy atom. The van der Waals surface area contributed by atoms with Crippen molar-refractivity contribution in [3.63, 3.8) is 0 Å². The van der Waals surface area contributed by atoms with Gasteiger partial charge in [-0.1, -0.05) is 12.2 Å². The van der Waals surface area contributed by atoms with Gasteiger partial charge in [-0.2, -0.15) is 0 Å². The van der Waals surface area contributed by atoms with E-state index in [0.717, 1.165) is 17.9 Å². The van der Waals surface area contributed by atoms with E-state index in [-0.39, 0.29) is 11.4 Å². The number of nitro benzene ring substituents is 1. The van der Waals surface area contributed by atoms with E-state index in [1.807, 2.05) is 0 Å². The maximum atomic E-state index is 12.7. The van der Waals surface area contributed by atoms with Crippen LogP contribution in [0.1, 0.15) is 6.92 Å². The fraction of sp³-hybridized carbons (Fsp3) is 0.312. The molecule has 2 fully saturated rings. The second-order valence-electron chi connectivity index (χ2n) is 6.02. The molecule has 0 spiro atoms. The number of hydrogen-bond donors (Lipinski definition) is 0. The number of nitrogens with zero attached hydrogens (tertiary/aromatic N) is 2. The van der Waals surface area contributed by atoms with Crippen LogP contribution < -0.4 is 9.64 Å². The molecule has 4 rings (SSSR count). The number of imide groups is 1. The Balaban J connectivity index is 1.72. The fourth-order valence-corrected chi connectivity index (χ4v) is 3.59. The highest BCUT2D eigenvalue weighted by molar-refractivity contribution is 6.23. The number of carbonyl (C=O) groups excluding carboxylic acids is 3. The quantitative estimate of drug-likeness (QED) is 0.200. The molecule has 128 valence electrons. The molecule has 0 N–H and O–H groups in total. The van der Waals surface area contributed by atoms with Gasteiger partial charge in [0.05, 0.1) is 34.7 Å². The minimum Gasteiger partial charge on any atom is -0.419 e. The molecule has 25 heavy (non-hydrogen) atoms. The van der Waals surface area contributed by atoms with Crippen molar-refractivity contribution in [2.24, 2.45) is 11.8 Å². The van der Waals surface area contributed by atoms with Gasteiger partial charge in [-0.3, -0.25) is 24.5 Å². The maximum absolute atomic E-state index is 12.7. The van der Waals surface area contributed by atoms with Crippen LogP contribution in [0.3, 0.4) is 0 Å². The highest BCUT2D eigenvalue weighted by atomic mass is 16.6. The number of rotatable bonds is 3. The molecule has 0 aromatic heterocycles. The minimum atomic E-state index is -0.734. The summed E-state index contributed by atoms with van der Waals surface area (Å²) < 4.78 is 10.3. The Morgan fingerprint density at radius 3 is 2.32 bits per heavy atom. The Kier molecular flexibility index (Phi) is 3.22. The molecule has 2 saturated heterocycles. The Bertz CT molecular complexity index is 832. The first-order valence-electron chi connectivity index (χ1n) is 7.57. The molecular weight excluding hydrogens is 332 g/mol. The normalized spacial score (nSPS) is 29.2. The molecule has 9 heteroatoms. The number of hydrogen-bond acceptors (Lipinski definition) is 7. The first-order chi connectivity index (χ1) is 11.9. The summed E-state index contributed by atoms with van der Waals surface area (Å²) in [6.07, 6.45) is 2.64. The van der Waals surface area contributed by atoms with Gasteiger partial charge in [-0.05, 0) is 12.1 Å². The summed E-state index contributed by atoms with van der Waals surface area (Å²) in [4.78, 5) is 47.9. The largest absolute Gasteiger partial charge is 0.419 e. The SMILES string of the molecule is CC(=O)Oc1ccc(N2C(=O)[C@@H]3[C@H](C2=O)[C@H]2C=C[C@@H]3O2)cc1[N+](=O)[O-]. The van der Waals surface area contributed by atoms with Crippen LogP contribution in [0, 0.1) is 22.0 Å². The first-order valence-corrected chi connectivity index (χ1v) is 7.57. The third-order valence-electron chi connectivity index (χ3n) is 4.56. The standard InChI is InChI=1S/C16H12N2O7/c1-7(19)24-10-3-2-8(6-9(10)18(22)23)17-15(20)13-11-4-5-12(25-11)14(13)16(17)21/h2-6,11-14H,1H3/t11-,12+,13-,14+. The predicted octanol–water partition coefficient (Wildman–Crippen LogP) is 0.963. The van der Waals surface area contributed by atoms with E-state index in [1.54, 1.807) is 12.2 Å². The first kappa shape index (κ1) is 15.5. The van der Waals surface area contributed by atoms with Crippen molar-refractivity contribution in [2.45, 2.75) is 19.1 Å². The zero-order chi connectivity index (χ0) is 17.9. The summed E-state index contributed by atoms with van der Waals surface area (Å²) in [7, 11) is 0. The average molecular weight is 344 g/mol. The molecule has 3 aliphatic rings. The highest BCUT2D eigenvalue weighted by Gasteiger charge is 2.61. The molecule has 3 heterocycles. The van der Waals surface area contributed by atoms with Gasteiger partial charge in [0.15, 0.2) is 0 Å². The van der Waals surface area contributed by atoms with Crippen molar-refractivity contribution >= 4 is 29.2 Å². The molecule has 3 aliphatic heterocycles. The van der Waals surface area contributed by atoms with Crippen LogP contribution in [0.5, 0.6) is 5.75 Å². The van der Waals surface area contributed by atoms with Crippen LogP contribution in [0.15, 0.2) is 30.4 Å². The Morgan fingerprint density at radius 1 is 1.20 bits per heavy atom. The second kappa shape index (κ2) is 5.21. The van der Waals surface area contributed by atoms with Gasteiger partial charge in [0.2, 0.25) is 17.6 Å². The van der Waals surface area contributed by atoms with Gasteiger partial charge >= 0.3 is 11.7 Å². The highest BCUT2D eigenvalue weighted by Crippen LogP contribution is 2.47. The molecule has 0 unspecified atom stereocenters. The summed E-state index contributed by atoms with van der Waals surface area (Å²) >= 11 is 0. The molecule has 1 aromatic carbocycles. The monoisotopic (exact) mass is 344 g/mol. The smallest absolute Gasteiger partial charge is 0.313 e. The van der Waals surface area contributed by atoms with Gasteiger partial charge in [-0.15, -0.1) is 0 Å². The second-order valence-corrected chi connectivity index (χ2v) is 6.02. The molecule has 9 nitrogen and oxygen atoms in total. The van der Waals surface area contributed by atoms with Gasteiger partial charge in [-0.25, -0.2) is 4.90 Å². The van der Waals surface area contributed by atoms with E-state index in [2.05, 4.69) is 0 Å². The molecule has 0 saturated carbocycles. The average Bonchev–Trinajstić information content (AvgIpc) is 3.21. The van der Waals surface area contributed by atoms with E-state index in [0.29, 0.717) is 0 Å². The molecule has 2 amide bonds. The summed E-state index contributed by atoms with van der Waals surface area (Å²) in [5.74, 6) is -3.05. The zero-order valence-electron chi connectivity index (χ0n) is 12.9. The predicted molar refractivity (Wildman–Crippen MR) is 81.7 cm³/mol. The zero-order valence-corrected chi connectivity index (χ0v) is 12.9. The number of benzene rings is 1. The Labute approximate surface area is 140 Å². The summed E-state index contributed by atoms with van der Waals surface area (Å²) in [5.41, 5.74) is -0.422.